The van der Waals surface area contributed by atoms with Gasteiger partial charge in [-0.3, -0.25) is 9.89 Å². The van der Waals surface area contributed by atoms with E-state index in [-0.39, 0.29) is 11.1 Å². The lowest BCUT2D eigenvalue weighted by Gasteiger charge is -2.34. The van der Waals surface area contributed by atoms with Gasteiger partial charge in [-0.05, 0) is 43.5 Å². The van der Waals surface area contributed by atoms with Crippen LogP contribution in [0.15, 0.2) is 55.1 Å². The number of fused-ring (bicyclic) bond motifs is 1. The van der Waals surface area contributed by atoms with Gasteiger partial charge in [0.15, 0.2) is 10.8 Å². The summed E-state index contributed by atoms with van der Waals surface area (Å²) in [5.74, 6) is 0.882. The second-order valence-electron chi connectivity index (χ2n) is 8.71. The number of likely N-dealkylation sites (N-methyl/N-ethyl adjacent to an activating group) is 1. The van der Waals surface area contributed by atoms with Crippen LogP contribution in [-0.4, -0.2) is 71.3 Å². The molecule has 0 radical (unpaired) electrons. The Balaban J connectivity index is 1.51. The minimum Gasteiger partial charge on any atom is -0.495 e. The first kappa shape index (κ1) is 24.5. The van der Waals surface area contributed by atoms with E-state index in [9.17, 15) is 4.79 Å². The quantitative estimate of drug-likeness (QED) is 0.310. The summed E-state index contributed by atoms with van der Waals surface area (Å²) in [6, 6.07) is 13.2. The van der Waals surface area contributed by atoms with Crippen molar-refractivity contribution >= 4 is 51.6 Å². The molecular weight excluding hydrogens is 492 g/mol. The van der Waals surface area contributed by atoms with E-state index < -0.39 is 0 Å². The molecular formula is C26H27ClN8O2. The smallest absolute Gasteiger partial charge is 0.247 e. The van der Waals surface area contributed by atoms with Crippen LogP contribution < -0.4 is 20.3 Å². The van der Waals surface area contributed by atoms with Gasteiger partial charge in [0, 0.05) is 43.1 Å². The van der Waals surface area contributed by atoms with Gasteiger partial charge < -0.3 is 25.2 Å². The Morgan fingerprint density at radius 2 is 1.95 bits per heavy atom. The van der Waals surface area contributed by atoms with E-state index in [1.807, 2.05) is 36.4 Å². The van der Waals surface area contributed by atoms with Crippen molar-refractivity contribution < 1.29 is 9.53 Å². The first-order chi connectivity index (χ1) is 17.9. The molecule has 4 aromatic rings. The van der Waals surface area contributed by atoms with Crippen LogP contribution in [0.4, 0.5) is 23.0 Å². The van der Waals surface area contributed by atoms with Gasteiger partial charge in [-0.15, -0.1) is 0 Å². The number of aromatic nitrogens is 4. The molecule has 1 fully saturated rings. The van der Waals surface area contributed by atoms with Gasteiger partial charge in [-0.1, -0.05) is 30.3 Å². The third kappa shape index (κ3) is 5.20. The van der Waals surface area contributed by atoms with Crippen molar-refractivity contribution in [1.29, 1.82) is 0 Å². The highest BCUT2D eigenvalue weighted by molar-refractivity contribution is 6.35. The average molecular weight is 519 g/mol. The first-order valence-electron chi connectivity index (χ1n) is 11.8. The molecule has 1 saturated heterocycles. The van der Waals surface area contributed by atoms with Gasteiger partial charge >= 0.3 is 0 Å². The Labute approximate surface area is 219 Å². The zero-order valence-electron chi connectivity index (χ0n) is 20.6. The van der Waals surface area contributed by atoms with Crippen molar-refractivity contribution in [1.82, 2.24) is 25.1 Å². The monoisotopic (exact) mass is 518 g/mol. The molecule has 0 spiro atoms. The number of piperazine rings is 1. The Morgan fingerprint density at radius 3 is 2.70 bits per heavy atom. The molecule has 1 aliphatic heterocycles. The number of anilines is 4. The van der Waals surface area contributed by atoms with Crippen molar-refractivity contribution in [2.24, 2.45) is 0 Å². The molecule has 11 heteroatoms. The first-order valence-corrected chi connectivity index (χ1v) is 12.2. The van der Waals surface area contributed by atoms with Crippen molar-refractivity contribution in [2.75, 3.05) is 55.9 Å². The maximum Gasteiger partial charge on any atom is 0.247 e. The number of amides is 1. The second kappa shape index (κ2) is 10.5. The number of H-pyrrole nitrogens is 1. The number of aromatic amines is 1. The summed E-state index contributed by atoms with van der Waals surface area (Å²) in [6.07, 6.45) is 1.22. The maximum absolute atomic E-state index is 11.8. The van der Waals surface area contributed by atoms with E-state index in [2.05, 4.69) is 49.2 Å². The number of hydrogen-bond donors (Lipinski definition) is 3. The van der Waals surface area contributed by atoms with Gasteiger partial charge in [0.1, 0.15) is 5.75 Å². The Hall–Kier alpha value is -4.15. The highest BCUT2D eigenvalue weighted by Crippen LogP contribution is 2.35. The van der Waals surface area contributed by atoms with E-state index >= 15 is 0 Å². The molecule has 190 valence electrons. The van der Waals surface area contributed by atoms with Crippen molar-refractivity contribution in [2.45, 2.75) is 0 Å². The number of rotatable bonds is 7. The lowest BCUT2D eigenvalue weighted by Crippen LogP contribution is -2.44. The standard InChI is InChI=1S/C26H27ClN8O2/c1-4-21(36)28-17-7-5-6-16(14-17)23-22-24(27)32-33-25(22)31-26(30-23)29-18-8-9-20(37-3)19(15-18)35-12-10-34(2)11-13-35/h4-9,14-15H,1,10-13H2,2-3H3,(H,28,36)(H2,29,30,31,32,33). The number of benzene rings is 2. The summed E-state index contributed by atoms with van der Waals surface area (Å²) in [6.45, 7) is 7.29. The summed E-state index contributed by atoms with van der Waals surface area (Å²) in [7, 11) is 3.81. The van der Waals surface area contributed by atoms with Crippen LogP contribution in [0, 0.1) is 0 Å². The molecule has 5 rings (SSSR count). The molecule has 2 aromatic carbocycles. The number of hydrogen-bond acceptors (Lipinski definition) is 8. The average Bonchev–Trinajstić information content (AvgIpc) is 3.29. The van der Waals surface area contributed by atoms with Gasteiger partial charge in [0.25, 0.3) is 0 Å². The molecule has 2 aromatic heterocycles. The number of nitrogens with zero attached hydrogens (tertiary/aromatic N) is 5. The zero-order valence-corrected chi connectivity index (χ0v) is 21.3. The van der Waals surface area contributed by atoms with Crippen molar-refractivity contribution in [3.8, 4) is 17.0 Å². The number of nitrogens with one attached hydrogen (secondary N) is 3. The molecule has 0 bridgehead atoms. The Bertz CT molecular complexity index is 1460. The summed E-state index contributed by atoms with van der Waals surface area (Å²) in [5, 5.41) is 13.9. The summed E-state index contributed by atoms with van der Waals surface area (Å²) < 4.78 is 5.64. The predicted molar refractivity (Wildman–Crippen MR) is 147 cm³/mol. The van der Waals surface area contributed by atoms with Crippen molar-refractivity contribution in [3.63, 3.8) is 0 Å². The molecule has 0 unspecified atom stereocenters. The Kier molecular flexibility index (Phi) is 6.93. The molecule has 1 amide bonds. The number of methoxy groups -OCH3 is 1. The molecule has 10 nitrogen and oxygen atoms in total. The third-order valence-corrected chi connectivity index (χ3v) is 6.52. The van der Waals surface area contributed by atoms with Crippen LogP contribution >= 0.6 is 11.6 Å². The van der Waals surface area contributed by atoms with Gasteiger partial charge in [0.05, 0.1) is 23.9 Å². The second-order valence-corrected chi connectivity index (χ2v) is 9.07. The van der Waals surface area contributed by atoms with E-state index in [0.717, 1.165) is 48.9 Å². The Morgan fingerprint density at radius 1 is 1.14 bits per heavy atom. The highest BCUT2D eigenvalue weighted by atomic mass is 35.5. The fourth-order valence-corrected chi connectivity index (χ4v) is 4.51. The highest BCUT2D eigenvalue weighted by Gasteiger charge is 2.20. The SMILES string of the molecule is C=CC(=O)Nc1cccc(-c2nc(Nc3ccc(OC)c(N4CCN(C)CC4)c3)nc3[nH]nc(Cl)c23)c1. The van der Waals surface area contributed by atoms with E-state index in [4.69, 9.17) is 21.3 Å². The van der Waals surface area contributed by atoms with Crippen LogP contribution in [0.1, 0.15) is 0 Å². The molecule has 0 aliphatic carbocycles. The predicted octanol–water partition coefficient (Wildman–Crippen LogP) is 4.30. The fraction of sp³-hybridized carbons (Fsp3) is 0.231. The number of halogens is 1. The van der Waals surface area contributed by atoms with Crippen LogP contribution in [0.25, 0.3) is 22.3 Å². The molecule has 1 aliphatic rings. The largest absolute Gasteiger partial charge is 0.495 e. The van der Waals surface area contributed by atoms with Crippen LogP contribution in [-0.2, 0) is 4.79 Å². The summed E-state index contributed by atoms with van der Waals surface area (Å²) in [4.78, 5) is 25.8. The normalized spacial score (nSPS) is 14.0. The van der Waals surface area contributed by atoms with Gasteiger partial charge in [-0.25, -0.2) is 4.98 Å². The molecule has 37 heavy (non-hydrogen) atoms. The molecule has 0 atom stereocenters. The van der Waals surface area contributed by atoms with Crippen LogP contribution in [0.2, 0.25) is 5.15 Å². The zero-order chi connectivity index (χ0) is 25.9. The van der Waals surface area contributed by atoms with E-state index in [1.165, 1.54) is 6.08 Å². The molecule has 0 saturated carbocycles. The number of carbonyl (C=O) groups is 1. The minimum atomic E-state index is -0.302. The van der Waals surface area contributed by atoms with E-state index in [0.29, 0.717) is 28.4 Å². The number of carbonyl (C=O) groups excluding carboxylic acids is 1. The van der Waals surface area contributed by atoms with Crippen LogP contribution in [0.5, 0.6) is 5.75 Å². The lowest BCUT2D eigenvalue weighted by atomic mass is 10.1. The minimum absolute atomic E-state index is 0.263. The topological polar surface area (TPSA) is 111 Å². The lowest BCUT2D eigenvalue weighted by molar-refractivity contribution is -0.111. The molecule has 3 N–H and O–H groups in total. The maximum atomic E-state index is 11.8. The van der Waals surface area contributed by atoms with Crippen LogP contribution in [0.3, 0.4) is 0 Å². The van der Waals surface area contributed by atoms with Gasteiger partial charge in [0.2, 0.25) is 11.9 Å². The third-order valence-electron chi connectivity index (χ3n) is 6.24. The summed E-state index contributed by atoms with van der Waals surface area (Å²) >= 11 is 6.39. The fourth-order valence-electron chi connectivity index (χ4n) is 4.29. The van der Waals surface area contributed by atoms with Crippen molar-refractivity contribution in [3.05, 3.63) is 60.3 Å². The number of ether oxygens (including phenoxy) is 1. The van der Waals surface area contributed by atoms with E-state index in [1.54, 1.807) is 13.2 Å². The summed E-state index contributed by atoms with van der Waals surface area (Å²) in [5.41, 5.74) is 4.25. The molecule has 3 heterocycles. The van der Waals surface area contributed by atoms with Gasteiger partial charge in [-0.2, -0.15) is 10.1 Å².